The predicted octanol–water partition coefficient (Wildman–Crippen LogP) is 1.90. The predicted molar refractivity (Wildman–Crippen MR) is 72.6 cm³/mol. The molecule has 1 aromatic rings. The fourth-order valence-corrected chi connectivity index (χ4v) is 3.29. The van der Waals surface area contributed by atoms with Crippen molar-refractivity contribution in [2.45, 2.75) is 11.8 Å². The van der Waals surface area contributed by atoms with Gasteiger partial charge in [-0.2, -0.15) is 0 Å². The number of alkyl halides is 1. The molecule has 0 bridgehead atoms. The molecule has 0 spiro atoms. The molecule has 4 nitrogen and oxygen atoms in total. The molecule has 0 aliphatic rings. The van der Waals surface area contributed by atoms with Crippen LogP contribution >= 0.6 is 11.6 Å². The standard InChI is InChI=1S/C12H17ClO4S/c1-16-11-5-4-9(7-12(11)17-2)6-10(13)8-18(3,14)15/h4-5,7,10H,6,8H2,1-3H3. The summed E-state index contributed by atoms with van der Waals surface area (Å²) in [5.74, 6) is 1.21. The molecular weight excluding hydrogens is 276 g/mol. The van der Waals surface area contributed by atoms with Crippen LogP contribution in [0.15, 0.2) is 18.2 Å². The molecule has 0 aliphatic carbocycles. The second-order valence-electron chi connectivity index (χ2n) is 4.08. The van der Waals surface area contributed by atoms with Gasteiger partial charge in [-0.3, -0.25) is 0 Å². The van der Waals surface area contributed by atoms with E-state index in [1.807, 2.05) is 6.07 Å². The minimum Gasteiger partial charge on any atom is -0.493 e. The van der Waals surface area contributed by atoms with Crippen LogP contribution in [0.1, 0.15) is 5.56 Å². The summed E-state index contributed by atoms with van der Waals surface area (Å²) < 4.78 is 32.5. The second kappa shape index (κ2) is 6.29. The minimum atomic E-state index is -3.06. The van der Waals surface area contributed by atoms with E-state index in [0.717, 1.165) is 5.56 Å². The molecule has 0 heterocycles. The third-order valence-corrected chi connectivity index (χ3v) is 3.89. The Balaban J connectivity index is 2.79. The fourth-order valence-electron chi connectivity index (χ4n) is 1.65. The number of methoxy groups -OCH3 is 2. The van der Waals surface area contributed by atoms with Gasteiger partial charge in [0, 0.05) is 6.26 Å². The van der Waals surface area contributed by atoms with Crippen molar-refractivity contribution in [3.05, 3.63) is 23.8 Å². The van der Waals surface area contributed by atoms with E-state index in [1.54, 1.807) is 26.4 Å². The Morgan fingerprint density at radius 3 is 2.33 bits per heavy atom. The van der Waals surface area contributed by atoms with Gasteiger partial charge in [-0.05, 0) is 24.1 Å². The fraction of sp³-hybridized carbons (Fsp3) is 0.500. The third kappa shape index (κ3) is 4.74. The van der Waals surface area contributed by atoms with E-state index in [9.17, 15) is 8.42 Å². The van der Waals surface area contributed by atoms with E-state index in [2.05, 4.69) is 0 Å². The van der Waals surface area contributed by atoms with Gasteiger partial charge >= 0.3 is 0 Å². The van der Waals surface area contributed by atoms with Gasteiger partial charge in [0.1, 0.15) is 9.84 Å². The zero-order valence-corrected chi connectivity index (χ0v) is 12.2. The molecule has 1 unspecified atom stereocenters. The quantitative estimate of drug-likeness (QED) is 0.752. The maximum Gasteiger partial charge on any atom is 0.160 e. The molecule has 0 amide bonds. The Bertz CT molecular complexity index is 499. The summed E-state index contributed by atoms with van der Waals surface area (Å²) in [6, 6.07) is 5.42. The first-order chi connectivity index (χ1) is 8.35. The van der Waals surface area contributed by atoms with Crippen molar-refractivity contribution >= 4 is 21.4 Å². The maximum atomic E-state index is 11.1. The van der Waals surface area contributed by atoms with Gasteiger partial charge in [0.05, 0.1) is 25.3 Å². The van der Waals surface area contributed by atoms with E-state index in [1.165, 1.54) is 6.26 Å². The summed E-state index contributed by atoms with van der Waals surface area (Å²) in [5.41, 5.74) is 0.913. The molecule has 0 aliphatic heterocycles. The highest BCUT2D eigenvalue weighted by Gasteiger charge is 2.14. The lowest BCUT2D eigenvalue weighted by Crippen LogP contribution is -2.17. The summed E-state index contributed by atoms with van der Waals surface area (Å²) in [7, 11) is 0.0531. The zero-order chi connectivity index (χ0) is 13.8. The summed E-state index contributed by atoms with van der Waals surface area (Å²) in [6.07, 6.45) is 1.64. The first-order valence-corrected chi connectivity index (χ1v) is 7.88. The highest BCUT2D eigenvalue weighted by molar-refractivity contribution is 7.90. The van der Waals surface area contributed by atoms with Crippen molar-refractivity contribution in [1.82, 2.24) is 0 Å². The summed E-state index contributed by atoms with van der Waals surface area (Å²) >= 11 is 6.02. The molecule has 1 rings (SSSR count). The van der Waals surface area contributed by atoms with Crippen LogP contribution in [0, 0.1) is 0 Å². The van der Waals surface area contributed by atoms with Crippen molar-refractivity contribution in [3.8, 4) is 11.5 Å². The van der Waals surface area contributed by atoms with E-state index in [-0.39, 0.29) is 5.75 Å². The SMILES string of the molecule is COc1ccc(CC(Cl)CS(C)(=O)=O)cc1OC. The molecule has 0 fully saturated rings. The lowest BCUT2D eigenvalue weighted by atomic mass is 10.1. The first kappa shape index (κ1) is 15.1. The third-order valence-electron chi connectivity index (χ3n) is 2.39. The van der Waals surface area contributed by atoms with Crippen LogP contribution in [-0.4, -0.2) is 40.0 Å². The molecule has 0 saturated carbocycles. The largest absolute Gasteiger partial charge is 0.493 e. The van der Waals surface area contributed by atoms with Crippen molar-refractivity contribution in [3.63, 3.8) is 0 Å². The van der Waals surface area contributed by atoms with Gasteiger partial charge in [-0.15, -0.1) is 11.6 Å². The molecule has 0 aromatic heterocycles. The summed E-state index contributed by atoms with van der Waals surface area (Å²) in [4.78, 5) is 0. The van der Waals surface area contributed by atoms with Crippen LogP contribution in [-0.2, 0) is 16.3 Å². The van der Waals surface area contributed by atoms with Crippen molar-refractivity contribution in [2.75, 3.05) is 26.2 Å². The van der Waals surface area contributed by atoms with Gasteiger partial charge < -0.3 is 9.47 Å². The number of rotatable bonds is 6. The van der Waals surface area contributed by atoms with Crippen molar-refractivity contribution in [2.24, 2.45) is 0 Å². The normalized spacial score (nSPS) is 13.1. The van der Waals surface area contributed by atoms with E-state index in [4.69, 9.17) is 21.1 Å². The van der Waals surface area contributed by atoms with Crippen LogP contribution in [0.25, 0.3) is 0 Å². The lowest BCUT2D eigenvalue weighted by Gasteiger charge is -2.11. The minimum absolute atomic E-state index is 0.0388. The lowest BCUT2D eigenvalue weighted by molar-refractivity contribution is 0.354. The van der Waals surface area contributed by atoms with Gasteiger partial charge in [-0.25, -0.2) is 8.42 Å². The second-order valence-corrected chi connectivity index (χ2v) is 6.89. The average molecular weight is 293 g/mol. The Labute approximate surface area is 113 Å². The number of sulfone groups is 1. The number of ether oxygens (including phenoxy) is 2. The van der Waals surface area contributed by atoms with Crippen LogP contribution in [0.5, 0.6) is 11.5 Å². The Morgan fingerprint density at radius 2 is 1.83 bits per heavy atom. The zero-order valence-electron chi connectivity index (χ0n) is 10.6. The smallest absolute Gasteiger partial charge is 0.160 e. The Kier molecular flexibility index (Phi) is 5.28. The molecule has 1 aromatic carbocycles. The first-order valence-electron chi connectivity index (χ1n) is 5.38. The van der Waals surface area contributed by atoms with Gasteiger partial charge in [-0.1, -0.05) is 6.07 Å². The molecule has 18 heavy (non-hydrogen) atoms. The van der Waals surface area contributed by atoms with Gasteiger partial charge in [0.2, 0.25) is 0 Å². The molecule has 6 heteroatoms. The molecule has 0 saturated heterocycles. The number of halogens is 1. The number of benzene rings is 1. The van der Waals surface area contributed by atoms with E-state index < -0.39 is 15.2 Å². The highest BCUT2D eigenvalue weighted by atomic mass is 35.5. The van der Waals surface area contributed by atoms with E-state index >= 15 is 0 Å². The van der Waals surface area contributed by atoms with E-state index in [0.29, 0.717) is 17.9 Å². The highest BCUT2D eigenvalue weighted by Crippen LogP contribution is 2.28. The van der Waals surface area contributed by atoms with Crippen LogP contribution in [0.4, 0.5) is 0 Å². The Hall–Kier alpha value is -0.940. The topological polar surface area (TPSA) is 52.6 Å². The van der Waals surface area contributed by atoms with Crippen molar-refractivity contribution < 1.29 is 17.9 Å². The van der Waals surface area contributed by atoms with Gasteiger partial charge in [0.25, 0.3) is 0 Å². The average Bonchev–Trinajstić information content (AvgIpc) is 2.26. The molecule has 0 N–H and O–H groups in total. The maximum absolute atomic E-state index is 11.1. The molecule has 1 atom stereocenters. The van der Waals surface area contributed by atoms with Crippen LogP contribution in [0.2, 0.25) is 0 Å². The number of hydrogen-bond acceptors (Lipinski definition) is 4. The number of hydrogen-bond donors (Lipinski definition) is 0. The molecular formula is C12H17ClO4S. The van der Waals surface area contributed by atoms with Crippen LogP contribution < -0.4 is 9.47 Å². The summed E-state index contributed by atoms with van der Waals surface area (Å²) in [5, 5.41) is -0.446. The van der Waals surface area contributed by atoms with Crippen LogP contribution in [0.3, 0.4) is 0 Å². The Morgan fingerprint density at radius 1 is 1.22 bits per heavy atom. The monoisotopic (exact) mass is 292 g/mol. The van der Waals surface area contributed by atoms with Crippen molar-refractivity contribution in [1.29, 1.82) is 0 Å². The molecule has 0 radical (unpaired) electrons. The summed E-state index contributed by atoms with van der Waals surface area (Å²) in [6.45, 7) is 0. The van der Waals surface area contributed by atoms with Gasteiger partial charge in [0.15, 0.2) is 11.5 Å². The molecule has 102 valence electrons.